The molecule has 0 bridgehead atoms. The summed E-state index contributed by atoms with van der Waals surface area (Å²) >= 11 is 0. The van der Waals surface area contributed by atoms with E-state index in [2.05, 4.69) is 0 Å². The zero-order valence-electron chi connectivity index (χ0n) is 11.1. The molecule has 1 fully saturated rings. The normalized spacial score (nSPS) is 16.6. The van der Waals surface area contributed by atoms with Crippen molar-refractivity contribution in [2.45, 2.75) is 39.2 Å². The fourth-order valence-corrected chi connectivity index (χ4v) is 1.81. The lowest BCUT2D eigenvalue weighted by Gasteiger charge is -2.44. The van der Waals surface area contributed by atoms with Crippen LogP contribution in [-0.2, 0) is 4.79 Å². The number of carbonyl (C=O) groups is 2. The van der Waals surface area contributed by atoms with Crippen LogP contribution in [-0.4, -0.2) is 52.6 Å². The van der Waals surface area contributed by atoms with Crippen LogP contribution in [0.2, 0.25) is 0 Å². The average Bonchev–Trinajstić information content (AvgIpc) is 2.20. The summed E-state index contributed by atoms with van der Waals surface area (Å²) in [7, 11) is 1.80. The molecule has 0 atom stereocenters. The Labute approximate surface area is 102 Å². The molecule has 5 nitrogen and oxygen atoms in total. The van der Waals surface area contributed by atoms with Crippen molar-refractivity contribution < 1.29 is 14.7 Å². The predicted octanol–water partition coefficient (Wildman–Crippen LogP) is 1.63. The molecule has 1 aliphatic heterocycles. The molecule has 5 heteroatoms. The molecule has 0 aromatic rings. The number of carboxylic acid groups (broad SMARTS) is 1. The highest BCUT2D eigenvalue weighted by molar-refractivity contribution is 5.76. The summed E-state index contributed by atoms with van der Waals surface area (Å²) in [6, 6.07) is -0.00140. The zero-order valence-corrected chi connectivity index (χ0v) is 11.1. The molecule has 1 saturated heterocycles. The molecule has 1 heterocycles. The number of aliphatic carboxylic acids is 1. The molecule has 0 aromatic heterocycles. The van der Waals surface area contributed by atoms with Crippen LogP contribution in [0.25, 0.3) is 0 Å². The Balaban J connectivity index is 2.44. The quantitative estimate of drug-likeness (QED) is 0.815. The number of rotatable bonds is 4. The van der Waals surface area contributed by atoms with E-state index in [0.29, 0.717) is 13.1 Å². The number of hydrogen-bond donors (Lipinski definition) is 1. The number of carboxylic acids is 1. The van der Waals surface area contributed by atoms with Crippen molar-refractivity contribution in [1.29, 1.82) is 0 Å². The molecule has 0 aliphatic carbocycles. The third-order valence-corrected chi connectivity index (χ3v) is 3.75. The highest BCUT2D eigenvalue weighted by atomic mass is 16.4. The summed E-state index contributed by atoms with van der Waals surface area (Å²) in [5, 5.41) is 8.64. The van der Waals surface area contributed by atoms with Crippen LogP contribution < -0.4 is 0 Å². The summed E-state index contributed by atoms with van der Waals surface area (Å²) in [5.74, 6) is -0.668. The van der Waals surface area contributed by atoms with Crippen LogP contribution in [0.15, 0.2) is 0 Å². The second-order valence-corrected chi connectivity index (χ2v) is 5.38. The van der Waals surface area contributed by atoms with Gasteiger partial charge in [-0.3, -0.25) is 4.79 Å². The van der Waals surface area contributed by atoms with E-state index in [1.807, 2.05) is 20.8 Å². The van der Waals surface area contributed by atoms with Gasteiger partial charge in [0.2, 0.25) is 0 Å². The lowest BCUT2D eigenvalue weighted by Crippen LogP contribution is -2.58. The Hall–Kier alpha value is -1.26. The van der Waals surface area contributed by atoms with Crippen LogP contribution in [0.1, 0.15) is 33.6 Å². The summed E-state index contributed by atoms with van der Waals surface area (Å²) in [6.07, 6.45) is 1.05. The summed E-state index contributed by atoms with van der Waals surface area (Å²) in [6.45, 7) is 7.23. The van der Waals surface area contributed by atoms with Gasteiger partial charge < -0.3 is 14.9 Å². The largest absolute Gasteiger partial charge is 0.481 e. The van der Waals surface area contributed by atoms with Gasteiger partial charge in [-0.25, -0.2) is 4.79 Å². The maximum absolute atomic E-state index is 12.1. The van der Waals surface area contributed by atoms with E-state index in [1.165, 1.54) is 0 Å². The monoisotopic (exact) mass is 242 g/mol. The van der Waals surface area contributed by atoms with Crippen LogP contribution in [0.4, 0.5) is 4.79 Å². The molecule has 17 heavy (non-hydrogen) atoms. The van der Waals surface area contributed by atoms with Gasteiger partial charge in [-0.05, 0) is 20.3 Å². The van der Waals surface area contributed by atoms with Crippen molar-refractivity contribution in [2.24, 2.45) is 5.92 Å². The molecular formula is C12H22N2O3. The van der Waals surface area contributed by atoms with Crippen molar-refractivity contribution in [3.8, 4) is 0 Å². The van der Waals surface area contributed by atoms with Gasteiger partial charge in [0.15, 0.2) is 0 Å². The molecule has 0 spiro atoms. The number of carbonyl (C=O) groups excluding carboxylic acids is 1. The van der Waals surface area contributed by atoms with Gasteiger partial charge in [-0.1, -0.05) is 6.92 Å². The molecule has 1 rings (SSSR count). The van der Waals surface area contributed by atoms with Crippen molar-refractivity contribution in [3.63, 3.8) is 0 Å². The molecular weight excluding hydrogens is 220 g/mol. The minimum atomic E-state index is -0.788. The number of amides is 2. The maximum Gasteiger partial charge on any atom is 0.320 e. The molecule has 0 aromatic carbocycles. The molecule has 1 aliphatic rings. The smallest absolute Gasteiger partial charge is 0.320 e. The van der Waals surface area contributed by atoms with Gasteiger partial charge in [0, 0.05) is 31.6 Å². The molecule has 0 unspecified atom stereocenters. The summed E-state index contributed by atoms with van der Waals surface area (Å²) < 4.78 is 0. The number of likely N-dealkylation sites (tertiary alicyclic amines) is 1. The minimum absolute atomic E-state index is 0.00140. The molecule has 98 valence electrons. The Morgan fingerprint density at radius 2 is 1.94 bits per heavy atom. The second-order valence-electron chi connectivity index (χ2n) is 5.38. The van der Waals surface area contributed by atoms with Gasteiger partial charge in [-0.2, -0.15) is 0 Å². The molecule has 2 amide bonds. The van der Waals surface area contributed by atoms with Crippen molar-refractivity contribution in [2.75, 3.05) is 20.1 Å². The SMILES string of the molecule is CCC(C)(C)N(C)C(=O)N1CC(CC(=O)O)C1. The van der Waals surface area contributed by atoms with Gasteiger partial charge in [0.05, 0.1) is 6.42 Å². The Morgan fingerprint density at radius 3 is 2.35 bits per heavy atom. The van der Waals surface area contributed by atoms with Crippen LogP contribution >= 0.6 is 0 Å². The lowest BCUT2D eigenvalue weighted by molar-refractivity contribution is -0.139. The highest BCUT2D eigenvalue weighted by Crippen LogP contribution is 2.24. The number of hydrogen-bond acceptors (Lipinski definition) is 2. The van der Waals surface area contributed by atoms with E-state index in [0.717, 1.165) is 6.42 Å². The first-order chi connectivity index (χ1) is 7.77. The van der Waals surface area contributed by atoms with E-state index < -0.39 is 5.97 Å². The van der Waals surface area contributed by atoms with Crippen molar-refractivity contribution >= 4 is 12.0 Å². The van der Waals surface area contributed by atoms with Gasteiger partial charge in [-0.15, -0.1) is 0 Å². The minimum Gasteiger partial charge on any atom is -0.481 e. The predicted molar refractivity (Wildman–Crippen MR) is 64.8 cm³/mol. The van der Waals surface area contributed by atoms with E-state index in [-0.39, 0.29) is 23.9 Å². The fraction of sp³-hybridized carbons (Fsp3) is 0.833. The Kier molecular flexibility index (Phi) is 4.01. The standard InChI is InChI=1S/C12H22N2O3/c1-5-12(2,3)13(4)11(17)14-7-9(8-14)6-10(15)16/h9H,5-8H2,1-4H3,(H,15,16). The number of urea groups is 1. The van der Waals surface area contributed by atoms with Crippen molar-refractivity contribution in [1.82, 2.24) is 9.80 Å². The van der Waals surface area contributed by atoms with Gasteiger partial charge in [0.25, 0.3) is 0 Å². The fourth-order valence-electron chi connectivity index (χ4n) is 1.81. The first kappa shape index (κ1) is 13.8. The van der Waals surface area contributed by atoms with Gasteiger partial charge >= 0.3 is 12.0 Å². The highest BCUT2D eigenvalue weighted by Gasteiger charge is 2.36. The van der Waals surface area contributed by atoms with E-state index >= 15 is 0 Å². The third kappa shape index (κ3) is 3.11. The average molecular weight is 242 g/mol. The molecule has 0 radical (unpaired) electrons. The third-order valence-electron chi connectivity index (χ3n) is 3.75. The molecule has 1 N–H and O–H groups in total. The second kappa shape index (κ2) is 4.94. The van der Waals surface area contributed by atoms with Crippen molar-refractivity contribution in [3.05, 3.63) is 0 Å². The lowest BCUT2D eigenvalue weighted by atomic mass is 9.96. The van der Waals surface area contributed by atoms with E-state index in [4.69, 9.17) is 5.11 Å². The van der Waals surface area contributed by atoms with Crippen LogP contribution in [0.5, 0.6) is 0 Å². The van der Waals surface area contributed by atoms with E-state index in [1.54, 1.807) is 16.8 Å². The Bertz CT molecular complexity index is 309. The maximum atomic E-state index is 12.1. The zero-order chi connectivity index (χ0) is 13.2. The van der Waals surface area contributed by atoms with E-state index in [9.17, 15) is 9.59 Å². The van der Waals surface area contributed by atoms with Gasteiger partial charge in [0.1, 0.15) is 0 Å². The van der Waals surface area contributed by atoms with Crippen LogP contribution in [0, 0.1) is 5.92 Å². The first-order valence-corrected chi connectivity index (χ1v) is 6.02. The molecule has 0 saturated carbocycles. The summed E-state index contributed by atoms with van der Waals surface area (Å²) in [4.78, 5) is 26.0. The number of nitrogens with zero attached hydrogens (tertiary/aromatic N) is 2. The first-order valence-electron chi connectivity index (χ1n) is 6.02. The topological polar surface area (TPSA) is 60.9 Å². The van der Waals surface area contributed by atoms with Crippen LogP contribution in [0.3, 0.4) is 0 Å². The Morgan fingerprint density at radius 1 is 1.41 bits per heavy atom. The summed E-state index contributed by atoms with van der Waals surface area (Å²) in [5.41, 5.74) is -0.158.